The Labute approximate surface area is 302 Å². The minimum atomic E-state index is -5.39. The molecule has 0 spiro atoms. The number of hydrogen-bond acceptors (Lipinski definition) is 8. The topological polar surface area (TPSA) is 200 Å². The second-order valence-corrected chi connectivity index (χ2v) is 13.2. The number of amides is 4. The van der Waals surface area contributed by atoms with E-state index >= 15 is 0 Å². The Morgan fingerprint density at radius 3 is 2.17 bits per heavy atom. The van der Waals surface area contributed by atoms with Crippen LogP contribution in [0.5, 0.6) is 0 Å². The number of nitrogens with one attached hydrogen (secondary N) is 4. The van der Waals surface area contributed by atoms with Gasteiger partial charge in [-0.05, 0) is 48.2 Å². The summed E-state index contributed by atoms with van der Waals surface area (Å²) >= 11 is 0. The number of carbonyl (C=O) groups is 5. The van der Waals surface area contributed by atoms with Crippen LogP contribution in [0.2, 0.25) is 0 Å². The van der Waals surface area contributed by atoms with Gasteiger partial charge in [0.15, 0.2) is 0 Å². The summed E-state index contributed by atoms with van der Waals surface area (Å²) in [4.78, 5) is 59.6. The number of ether oxygens (including phenoxy) is 1. The Kier molecular flexibility index (Phi) is 14.6. The Hall–Kier alpha value is -5.36. The smallest absolute Gasteiger partial charge is 0.370 e. The van der Waals surface area contributed by atoms with Gasteiger partial charge in [0.25, 0.3) is 0 Å². The van der Waals surface area contributed by atoms with Gasteiger partial charge < -0.3 is 42.0 Å². The first-order valence-electron chi connectivity index (χ1n) is 16.4. The van der Waals surface area contributed by atoms with E-state index in [0.717, 1.165) is 23.8 Å². The van der Waals surface area contributed by atoms with Crippen LogP contribution in [0.15, 0.2) is 60.8 Å². The molecule has 3 aromatic rings. The summed E-state index contributed by atoms with van der Waals surface area (Å²) in [6, 6.07) is 11.2. The van der Waals surface area contributed by atoms with Crippen LogP contribution in [-0.4, -0.2) is 72.2 Å². The van der Waals surface area contributed by atoms with E-state index < -0.39 is 84.1 Å². The maximum absolute atomic E-state index is 14.9. The maximum Gasteiger partial charge on any atom is 0.491 e. The predicted molar refractivity (Wildman–Crippen MR) is 182 cm³/mol. The lowest BCUT2D eigenvalue weighted by Gasteiger charge is -2.33. The van der Waals surface area contributed by atoms with E-state index in [4.69, 9.17) is 11.5 Å². The lowest BCUT2D eigenvalue weighted by Crippen LogP contribution is -2.54. The first-order chi connectivity index (χ1) is 24.8. The van der Waals surface area contributed by atoms with Crippen molar-refractivity contribution in [1.82, 2.24) is 25.8 Å². The molecule has 53 heavy (non-hydrogen) atoms. The molecule has 1 aromatic heterocycles. The molecule has 4 amide bonds. The van der Waals surface area contributed by atoms with Crippen LogP contribution in [0, 0.1) is 17.0 Å². The molecule has 0 bridgehead atoms. The molecule has 2 aromatic carbocycles. The average molecular weight is 752 g/mol. The Bertz CT molecular complexity index is 1760. The van der Waals surface area contributed by atoms with Gasteiger partial charge in [-0.1, -0.05) is 51.1 Å². The average Bonchev–Trinajstić information content (AvgIpc) is 3.46. The van der Waals surface area contributed by atoms with Crippen molar-refractivity contribution < 1.29 is 50.7 Å². The van der Waals surface area contributed by atoms with E-state index in [0.29, 0.717) is 17.8 Å². The van der Waals surface area contributed by atoms with Gasteiger partial charge in [-0.25, -0.2) is 18.4 Å². The molecule has 0 saturated carbocycles. The number of alkyl carbamates (subject to hydrolysis) is 1. The highest BCUT2D eigenvalue weighted by Gasteiger charge is 2.42. The minimum Gasteiger partial charge on any atom is -0.370 e. The van der Waals surface area contributed by atoms with Crippen LogP contribution in [0.25, 0.3) is 11.1 Å². The fourth-order valence-electron chi connectivity index (χ4n) is 5.29. The highest BCUT2D eigenvalue weighted by Crippen LogP contribution is 2.37. The first-order valence-corrected chi connectivity index (χ1v) is 16.4. The zero-order valence-corrected chi connectivity index (χ0v) is 29.2. The third-order valence-corrected chi connectivity index (χ3v) is 7.81. The third kappa shape index (κ3) is 13.0. The highest BCUT2D eigenvalue weighted by molar-refractivity contribution is 5.92. The zero-order valence-electron chi connectivity index (χ0n) is 29.2. The van der Waals surface area contributed by atoms with Gasteiger partial charge in [-0.15, -0.1) is 0 Å². The van der Waals surface area contributed by atoms with Crippen molar-refractivity contribution in [2.45, 2.75) is 64.5 Å². The van der Waals surface area contributed by atoms with E-state index in [2.05, 4.69) is 20.7 Å². The number of carbonyl (C=O) groups excluding carboxylic acids is 5. The fraction of sp³-hybridized carbons (Fsp3) is 0.400. The fourth-order valence-corrected chi connectivity index (χ4v) is 5.29. The molecule has 0 unspecified atom stereocenters. The van der Waals surface area contributed by atoms with Crippen LogP contribution < -0.4 is 32.7 Å². The lowest BCUT2D eigenvalue weighted by molar-refractivity contribution is -0.192. The van der Waals surface area contributed by atoms with Crippen molar-refractivity contribution >= 4 is 29.8 Å². The third-order valence-electron chi connectivity index (χ3n) is 7.81. The number of hydrogen-bond donors (Lipinski definition) is 6. The number of nitrogens with zero attached hydrogens (tertiary/aromatic N) is 1. The van der Waals surface area contributed by atoms with E-state index in [9.17, 15) is 45.9 Å². The number of halogens is 5. The van der Waals surface area contributed by atoms with Gasteiger partial charge >= 0.3 is 18.2 Å². The summed E-state index contributed by atoms with van der Waals surface area (Å²) in [6.07, 6.45) is -5.94. The monoisotopic (exact) mass is 751 g/mol. The summed E-state index contributed by atoms with van der Waals surface area (Å²) in [5.74, 6) is -6.46. The van der Waals surface area contributed by atoms with Crippen molar-refractivity contribution in [3.05, 3.63) is 83.7 Å². The molecule has 0 fully saturated rings. The Morgan fingerprint density at radius 1 is 0.887 bits per heavy atom. The lowest BCUT2D eigenvalue weighted by atomic mass is 9.84. The molecule has 1 heterocycles. The van der Waals surface area contributed by atoms with E-state index in [1.54, 1.807) is 12.3 Å². The predicted octanol–water partition coefficient (Wildman–Crippen LogP) is 3.17. The summed E-state index contributed by atoms with van der Waals surface area (Å²) in [5.41, 5.74) is 12.5. The van der Waals surface area contributed by atoms with Gasteiger partial charge in [0.1, 0.15) is 17.7 Å². The molecule has 18 heteroatoms. The van der Waals surface area contributed by atoms with Gasteiger partial charge in [0.05, 0.1) is 18.5 Å². The normalized spacial score (nSPS) is 13.4. The zero-order chi connectivity index (χ0) is 39.5. The van der Waals surface area contributed by atoms with Gasteiger partial charge in [0.2, 0.25) is 17.7 Å². The van der Waals surface area contributed by atoms with Gasteiger partial charge in [-0.3, -0.25) is 14.4 Å². The van der Waals surface area contributed by atoms with Crippen LogP contribution in [0.3, 0.4) is 0 Å². The standard InChI is InChI=1S/C35H42F5N7O6/c1-34(2,3)29(27-15-21(23-16-22(36)9-10-24(23)37)19-47(27)18-20-7-5-4-6-8-20)43-12-11-26(46-30(49)25(41)17-28(42)48)31(50)44-13-14-45-33(52)53-32(51)35(38,39)40/h4-10,15-16,19,25-26,29,43H,11-14,17-18,41H2,1-3H3,(H2,42,48)(H,44,50)(H,45,52)(H,46,49)/t25-,26-,29-/m0/s1. The van der Waals surface area contributed by atoms with E-state index in [-0.39, 0.29) is 25.1 Å². The van der Waals surface area contributed by atoms with Gasteiger partial charge in [-0.2, -0.15) is 13.2 Å². The molecular formula is C35H42F5N7O6. The summed E-state index contributed by atoms with van der Waals surface area (Å²) in [6.45, 7) is 5.50. The second kappa shape index (κ2) is 18.4. The number of benzene rings is 2. The highest BCUT2D eigenvalue weighted by atomic mass is 19.4. The van der Waals surface area contributed by atoms with E-state index in [1.165, 1.54) is 0 Å². The van der Waals surface area contributed by atoms with Crippen molar-refractivity contribution in [2.75, 3.05) is 19.6 Å². The number of alkyl halides is 3. The molecule has 3 atom stereocenters. The second-order valence-electron chi connectivity index (χ2n) is 13.2. The van der Waals surface area contributed by atoms with Crippen molar-refractivity contribution in [2.24, 2.45) is 16.9 Å². The van der Waals surface area contributed by atoms with Crippen LogP contribution >= 0.6 is 0 Å². The van der Waals surface area contributed by atoms with Crippen LogP contribution in [0.4, 0.5) is 26.7 Å². The molecule has 288 valence electrons. The molecule has 0 saturated heterocycles. The maximum atomic E-state index is 14.9. The van der Waals surface area contributed by atoms with Crippen molar-refractivity contribution in [3.63, 3.8) is 0 Å². The number of rotatable bonds is 16. The Balaban J connectivity index is 1.82. The molecule has 0 aliphatic heterocycles. The van der Waals surface area contributed by atoms with Crippen molar-refractivity contribution in [3.8, 4) is 11.1 Å². The quantitative estimate of drug-likeness (QED) is 0.0555. The van der Waals surface area contributed by atoms with E-state index in [1.807, 2.05) is 61.0 Å². The van der Waals surface area contributed by atoms with Gasteiger partial charge in [0, 0.05) is 42.7 Å². The molecule has 8 N–H and O–H groups in total. The molecule has 13 nitrogen and oxygen atoms in total. The largest absolute Gasteiger partial charge is 0.491 e. The molecule has 0 radical (unpaired) electrons. The summed E-state index contributed by atoms with van der Waals surface area (Å²) in [7, 11) is 0. The van der Waals surface area contributed by atoms with Crippen molar-refractivity contribution in [1.29, 1.82) is 0 Å². The molecule has 0 aliphatic rings. The number of primary amides is 1. The molecular weight excluding hydrogens is 709 g/mol. The number of aromatic nitrogens is 1. The van der Waals surface area contributed by atoms with Crippen LogP contribution in [-0.2, 0) is 30.5 Å². The summed E-state index contributed by atoms with van der Waals surface area (Å²) in [5, 5.41) is 10.2. The SMILES string of the molecule is CC(C)(C)[C@@H](NCC[C@H](NC(=O)[C@@H](N)CC(N)=O)C(=O)NCCNC(=O)OC(=O)C(F)(F)F)c1cc(-c2cc(F)ccc2F)cn1Cc1ccccc1. The minimum absolute atomic E-state index is 0.0617. The Morgan fingerprint density at radius 2 is 1.55 bits per heavy atom. The molecule has 0 aliphatic carbocycles. The molecule has 3 rings (SSSR count). The summed E-state index contributed by atoms with van der Waals surface area (Å²) < 4.78 is 71.7. The number of esters is 1. The number of nitrogens with two attached hydrogens (primary N) is 2. The van der Waals surface area contributed by atoms with Crippen LogP contribution in [0.1, 0.15) is 50.9 Å². The first kappa shape index (κ1) is 42.1.